The van der Waals surface area contributed by atoms with Gasteiger partial charge in [0.15, 0.2) is 0 Å². The lowest BCUT2D eigenvalue weighted by molar-refractivity contribution is 0.0735. The predicted octanol–water partition coefficient (Wildman–Crippen LogP) is 6.97. The fraction of sp³-hybridized carbons (Fsp3) is 0.258. The third kappa shape index (κ3) is 5.79. The van der Waals surface area contributed by atoms with E-state index in [-0.39, 0.29) is 11.5 Å². The third-order valence-electron chi connectivity index (χ3n) is 6.84. The van der Waals surface area contributed by atoms with Crippen molar-refractivity contribution in [2.45, 2.75) is 27.2 Å². The number of rotatable bonds is 6. The Kier molecular flexibility index (Phi) is 8.57. The second-order valence-corrected chi connectivity index (χ2v) is 11.7. The van der Waals surface area contributed by atoms with Crippen molar-refractivity contribution >= 4 is 46.5 Å². The Bertz CT molecular complexity index is 1650. The average molecular weight is 594 g/mol. The topological polar surface area (TPSA) is 67.2 Å². The zero-order valence-corrected chi connectivity index (χ0v) is 25.0. The van der Waals surface area contributed by atoms with Crippen LogP contribution in [0.3, 0.4) is 0 Å². The largest absolute Gasteiger partial charge is 0.336 e. The Hall–Kier alpha value is -3.23. The maximum atomic E-state index is 14.4. The molecule has 5 rings (SSSR count). The number of nitrogens with one attached hydrogen (secondary N) is 1. The maximum absolute atomic E-state index is 14.4. The van der Waals surface area contributed by atoms with Crippen LogP contribution in [0.5, 0.6) is 0 Å². The maximum Gasteiger partial charge on any atom is 0.265 e. The van der Waals surface area contributed by atoms with Gasteiger partial charge in [0.2, 0.25) is 0 Å². The van der Waals surface area contributed by atoms with Crippen molar-refractivity contribution in [2.24, 2.45) is 0 Å². The molecule has 1 N–H and O–H groups in total. The summed E-state index contributed by atoms with van der Waals surface area (Å²) in [5.41, 5.74) is 5.35. The second kappa shape index (κ2) is 12.1. The van der Waals surface area contributed by atoms with E-state index in [2.05, 4.69) is 5.32 Å². The van der Waals surface area contributed by atoms with Gasteiger partial charge >= 0.3 is 0 Å². The molecule has 1 aliphatic heterocycles. The van der Waals surface area contributed by atoms with Crippen molar-refractivity contribution in [1.82, 2.24) is 19.8 Å². The molecule has 40 heavy (non-hydrogen) atoms. The zero-order chi connectivity index (χ0) is 28.4. The molecule has 3 heterocycles. The van der Waals surface area contributed by atoms with E-state index in [1.807, 2.05) is 73.5 Å². The van der Waals surface area contributed by atoms with Crippen LogP contribution in [0.15, 0.2) is 64.3 Å². The highest BCUT2D eigenvalue weighted by atomic mass is 35.5. The van der Waals surface area contributed by atoms with Crippen LogP contribution >= 0.6 is 34.5 Å². The number of carbonyl (C=O) groups excluding carboxylic acids is 1. The number of piperazine rings is 1. The fourth-order valence-electron chi connectivity index (χ4n) is 4.84. The molecule has 1 saturated heterocycles. The summed E-state index contributed by atoms with van der Waals surface area (Å²) in [6.07, 6.45) is 2.60. The molecule has 9 heteroatoms. The van der Waals surface area contributed by atoms with Crippen LogP contribution in [0.25, 0.3) is 33.6 Å². The van der Waals surface area contributed by atoms with E-state index >= 15 is 0 Å². The Labute approximate surface area is 247 Å². The van der Waals surface area contributed by atoms with E-state index in [1.165, 1.54) is 11.3 Å². The molecule has 206 valence electrons. The molecular weight excluding hydrogens is 563 g/mol. The minimum atomic E-state index is -0.252. The number of halogens is 2. The summed E-state index contributed by atoms with van der Waals surface area (Å²) in [4.78, 5) is 35.1. The molecule has 0 bridgehead atoms. The molecule has 2 aromatic carbocycles. The molecule has 0 radical (unpaired) electrons. The standard InChI is InChI=1S/C31H30Cl2N4O2S/c1-4-20-5-10-23(33)16-27(20)37-28(15-19(2)3)24(30(38)36-13-11-34-12-14-36)17-25(31(37)39)29-35-26(18-40-29)21-6-8-22(32)9-7-21/h5-10,15-18,34H,4,11-14H2,1-3H3. The molecule has 6 nitrogen and oxygen atoms in total. The van der Waals surface area contributed by atoms with E-state index in [4.69, 9.17) is 28.2 Å². The molecule has 0 saturated carbocycles. The molecule has 1 amide bonds. The summed E-state index contributed by atoms with van der Waals surface area (Å²) in [5, 5.41) is 6.92. The minimum Gasteiger partial charge on any atom is -0.336 e. The smallest absolute Gasteiger partial charge is 0.265 e. The number of benzene rings is 2. The average Bonchev–Trinajstić information content (AvgIpc) is 3.43. The van der Waals surface area contributed by atoms with Crippen LogP contribution in [-0.4, -0.2) is 46.5 Å². The van der Waals surface area contributed by atoms with Crippen LogP contribution in [0.4, 0.5) is 0 Å². The highest BCUT2D eigenvalue weighted by Crippen LogP contribution is 2.31. The Morgan fingerprint density at radius 2 is 1.75 bits per heavy atom. The number of amides is 1. The second-order valence-electron chi connectivity index (χ2n) is 9.93. The van der Waals surface area contributed by atoms with Gasteiger partial charge in [-0.15, -0.1) is 11.3 Å². The van der Waals surface area contributed by atoms with Gasteiger partial charge in [0, 0.05) is 47.2 Å². The molecule has 0 atom stereocenters. The monoisotopic (exact) mass is 592 g/mol. The van der Waals surface area contributed by atoms with E-state index in [0.717, 1.165) is 35.5 Å². The van der Waals surface area contributed by atoms with Crippen molar-refractivity contribution in [3.8, 4) is 27.5 Å². The summed E-state index contributed by atoms with van der Waals surface area (Å²) >= 11 is 13.9. The number of thiazole rings is 1. The Balaban J connectivity index is 1.79. The molecule has 1 fully saturated rings. The first kappa shape index (κ1) is 28.3. The van der Waals surface area contributed by atoms with Crippen molar-refractivity contribution in [1.29, 1.82) is 0 Å². The van der Waals surface area contributed by atoms with Crippen molar-refractivity contribution in [2.75, 3.05) is 26.2 Å². The third-order valence-corrected chi connectivity index (χ3v) is 8.21. The highest BCUT2D eigenvalue weighted by molar-refractivity contribution is 7.13. The minimum absolute atomic E-state index is 0.112. The van der Waals surface area contributed by atoms with Gasteiger partial charge in [0.05, 0.1) is 28.2 Å². The first-order valence-corrected chi connectivity index (χ1v) is 14.9. The summed E-state index contributed by atoms with van der Waals surface area (Å²) in [5.74, 6) is -0.112. The lowest BCUT2D eigenvalue weighted by Gasteiger charge is -2.29. The van der Waals surface area contributed by atoms with Gasteiger partial charge in [-0.3, -0.25) is 14.2 Å². The Morgan fingerprint density at radius 3 is 2.42 bits per heavy atom. The van der Waals surface area contributed by atoms with Crippen molar-refractivity contribution in [3.63, 3.8) is 0 Å². The van der Waals surface area contributed by atoms with Crippen LogP contribution in [0.2, 0.25) is 10.0 Å². The number of carbonyl (C=O) groups is 1. The van der Waals surface area contributed by atoms with Crippen LogP contribution in [0.1, 0.15) is 42.4 Å². The van der Waals surface area contributed by atoms with E-state index < -0.39 is 0 Å². The number of aromatic nitrogens is 2. The quantitative estimate of drug-likeness (QED) is 0.262. The van der Waals surface area contributed by atoms with Gasteiger partial charge in [-0.25, -0.2) is 4.98 Å². The SMILES string of the molecule is CCc1ccc(Cl)cc1-n1c(C=C(C)C)c(C(=O)N2CCNCC2)cc(-c2nc(-c3ccc(Cl)cc3)cs2)c1=O. The van der Waals surface area contributed by atoms with Gasteiger partial charge in [0.1, 0.15) is 5.01 Å². The van der Waals surface area contributed by atoms with Gasteiger partial charge in [-0.2, -0.15) is 0 Å². The number of pyridine rings is 1. The normalized spacial score (nSPS) is 13.4. The highest BCUT2D eigenvalue weighted by Gasteiger charge is 2.27. The number of hydrogen-bond acceptors (Lipinski definition) is 5. The lowest BCUT2D eigenvalue weighted by atomic mass is 10.0. The predicted molar refractivity (Wildman–Crippen MR) is 166 cm³/mol. The summed E-state index contributed by atoms with van der Waals surface area (Å²) in [6.45, 7) is 8.59. The summed E-state index contributed by atoms with van der Waals surface area (Å²) < 4.78 is 1.64. The van der Waals surface area contributed by atoms with E-state index in [9.17, 15) is 9.59 Å². The molecule has 1 aliphatic rings. The van der Waals surface area contributed by atoms with E-state index in [1.54, 1.807) is 16.7 Å². The van der Waals surface area contributed by atoms with E-state index in [0.29, 0.717) is 57.1 Å². The van der Waals surface area contributed by atoms with Crippen molar-refractivity contribution < 1.29 is 4.79 Å². The summed E-state index contributed by atoms with van der Waals surface area (Å²) in [7, 11) is 0. The molecule has 0 spiro atoms. The first-order valence-electron chi connectivity index (χ1n) is 13.2. The first-order chi connectivity index (χ1) is 19.3. The number of allylic oxidation sites excluding steroid dienone is 1. The van der Waals surface area contributed by atoms with Crippen molar-refractivity contribution in [3.05, 3.63) is 96.7 Å². The number of hydrogen-bond donors (Lipinski definition) is 1. The van der Waals surface area contributed by atoms with Crippen LogP contribution in [-0.2, 0) is 6.42 Å². The molecule has 4 aromatic rings. The molecule has 0 unspecified atom stereocenters. The summed E-state index contributed by atoms with van der Waals surface area (Å²) in [6, 6.07) is 14.7. The molecular formula is C31H30Cl2N4O2S. The van der Waals surface area contributed by atoms with Gasteiger partial charge < -0.3 is 10.2 Å². The van der Waals surface area contributed by atoms with Crippen LogP contribution < -0.4 is 10.9 Å². The molecule has 2 aromatic heterocycles. The zero-order valence-electron chi connectivity index (χ0n) is 22.6. The van der Waals surface area contributed by atoms with Crippen LogP contribution in [0, 0.1) is 0 Å². The fourth-order valence-corrected chi connectivity index (χ4v) is 5.97. The number of aryl methyl sites for hydroxylation is 1. The lowest BCUT2D eigenvalue weighted by Crippen LogP contribution is -2.47. The Morgan fingerprint density at radius 1 is 1.05 bits per heavy atom. The number of nitrogens with zero attached hydrogens (tertiary/aromatic N) is 3. The van der Waals surface area contributed by atoms with Gasteiger partial charge in [0.25, 0.3) is 11.5 Å². The van der Waals surface area contributed by atoms with Gasteiger partial charge in [-0.05, 0) is 62.2 Å². The molecule has 0 aliphatic carbocycles. The van der Waals surface area contributed by atoms with Gasteiger partial charge in [-0.1, -0.05) is 53.9 Å².